The van der Waals surface area contributed by atoms with Crippen LogP contribution in [0.15, 0.2) is 261 Å². The highest BCUT2D eigenvalue weighted by Gasteiger charge is 2.30. The molecule has 10 aromatic rings. The van der Waals surface area contributed by atoms with Gasteiger partial charge in [0.25, 0.3) is 0 Å². The van der Waals surface area contributed by atoms with Gasteiger partial charge in [-0.1, -0.05) is 176 Å². The fourth-order valence-electron chi connectivity index (χ4n) is 8.98. The average molecular weight is 806 g/mol. The average Bonchev–Trinajstić information content (AvgIpc) is 3.37. The van der Waals surface area contributed by atoms with Crippen LogP contribution in [0, 0.1) is 0 Å². The van der Waals surface area contributed by atoms with Gasteiger partial charge >= 0.3 is 0 Å². The molecule has 0 bridgehead atoms. The van der Waals surface area contributed by atoms with Crippen molar-refractivity contribution in [1.29, 1.82) is 0 Å². The minimum Gasteiger partial charge on any atom is -0.310 e. The number of hydrogen-bond donors (Lipinski definition) is 0. The van der Waals surface area contributed by atoms with Gasteiger partial charge in [-0.2, -0.15) is 0 Å². The van der Waals surface area contributed by atoms with Crippen LogP contribution in [0.1, 0.15) is 0 Å². The normalized spacial score (nSPS) is 11.7. The highest BCUT2D eigenvalue weighted by Crippen LogP contribution is 2.54. The molecule has 0 N–H and O–H groups in total. The second-order valence-corrected chi connectivity index (χ2v) is 15.8. The second-order valence-electron chi connectivity index (χ2n) is 15.8. The fraction of sp³-hybridized carbons (Fsp3) is 0. The fourth-order valence-corrected chi connectivity index (χ4v) is 8.98. The topological polar surface area (TPSA) is 9.72 Å². The minimum absolute atomic E-state index is 1.08. The molecule has 1 heterocycles. The quantitative estimate of drug-likeness (QED) is 0.144. The van der Waals surface area contributed by atoms with Gasteiger partial charge in [0.05, 0.1) is 22.7 Å². The Labute approximate surface area is 369 Å². The maximum Gasteiger partial charge on any atom is 0.0703 e. The molecule has 0 spiro atoms. The maximum absolute atomic E-state index is 2.40. The lowest BCUT2D eigenvalue weighted by Crippen LogP contribution is -2.23. The van der Waals surface area contributed by atoms with E-state index in [0.717, 1.165) is 62.3 Å². The molecule has 298 valence electrons. The lowest BCUT2D eigenvalue weighted by atomic mass is 9.93. The number of anilines is 9. The smallest absolute Gasteiger partial charge is 0.0703 e. The van der Waals surface area contributed by atoms with Crippen LogP contribution in [-0.2, 0) is 0 Å². The minimum atomic E-state index is 1.08. The largest absolute Gasteiger partial charge is 0.310 e. The van der Waals surface area contributed by atoms with E-state index >= 15 is 0 Å². The zero-order chi connectivity index (χ0) is 42.0. The van der Waals surface area contributed by atoms with Crippen molar-refractivity contribution < 1.29 is 0 Å². The molecular formula is C60H43N3. The summed E-state index contributed by atoms with van der Waals surface area (Å²) in [5.74, 6) is 0. The van der Waals surface area contributed by atoms with Crippen LogP contribution < -0.4 is 14.7 Å². The molecule has 11 rings (SSSR count). The van der Waals surface area contributed by atoms with E-state index in [1.165, 1.54) is 33.4 Å². The predicted molar refractivity (Wildman–Crippen MR) is 266 cm³/mol. The highest BCUT2D eigenvalue weighted by molar-refractivity contribution is 6.02. The molecule has 1 aliphatic rings. The Hall–Kier alpha value is -8.40. The first-order valence-electron chi connectivity index (χ1n) is 21.5. The van der Waals surface area contributed by atoms with E-state index in [2.05, 4.69) is 276 Å². The number of rotatable bonds is 9. The summed E-state index contributed by atoms with van der Waals surface area (Å²) in [5, 5.41) is 0. The van der Waals surface area contributed by atoms with Crippen molar-refractivity contribution in [2.45, 2.75) is 0 Å². The molecule has 0 unspecified atom stereocenters. The Morgan fingerprint density at radius 1 is 0.222 bits per heavy atom. The van der Waals surface area contributed by atoms with E-state index in [1.807, 2.05) is 0 Å². The molecule has 3 heteroatoms. The van der Waals surface area contributed by atoms with Gasteiger partial charge in [-0.15, -0.1) is 0 Å². The van der Waals surface area contributed by atoms with Crippen molar-refractivity contribution in [2.24, 2.45) is 0 Å². The van der Waals surface area contributed by atoms with Gasteiger partial charge in [0.2, 0.25) is 0 Å². The Morgan fingerprint density at radius 2 is 0.587 bits per heavy atom. The van der Waals surface area contributed by atoms with E-state index in [4.69, 9.17) is 0 Å². The Balaban J connectivity index is 0.990. The Kier molecular flexibility index (Phi) is 9.89. The van der Waals surface area contributed by atoms with Crippen LogP contribution in [-0.4, -0.2) is 0 Å². The summed E-state index contributed by atoms with van der Waals surface area (Å²) in [6.45, 7) is 0. The number of fused-ring (bicyclic) bond motifs is 2. The molecule has 0 radical (unpaired) electrons. The predicted octanol–water partition coefficient (Wildman–Crippen LogP) is 17.1. The van der Waals surface area contributed by atoms with E-state index in [0.29, 0.717) is 0 Å². The maximum atomic E-state index is 2.40. The molecule has 0 amide bonds. The van der Waals surface area contributed by atoms with E-state index in [9.17, 15) is 0 Å². The van der Waals surface area contributed by atoms with Crippen molar-refractivity contribution in [3.05, 3.63) is 261 Å². The third kappa shape index (κ3) is 7.22. The van der Waals surface area contributed by atoms with Gasteiger partial charge in [0.15, 0.2) is 0 Å². The SMILES string of the molecule is c1ccc(-c2ccc(N(c3ccc(-c4cccc(N5c6ccccc6N(c6ccccc6)c6ccccc65)c4)cc3)c3ccc(-c4ccccc4)c(-c4ccccc4)c3)cc2)cc1. The lowest BCUT2D eigenvalue weighted by Gasteiger charge is -2.40. The molecule has 0 atom stereocenters. The summed E-state index contributed by atoms with van der Waals surface area (Å²) in [4.78, 5) is 7.13. The third-order valence-electron chi connectivity index (χ3n) is 12.0. The molecule has 0 aliphatic carbocycles. The van der Waals surface area contributed by atoms with Crippen LogP contribution in [0.5, 0.6) is 0 Å². The van der Waals surface area contributed by atoms with Crippen molar-refractivity contribution in [3.8, 4) is 44.5 Å². The summed E-state index contributed by atoms with van der Waals surface area (Å²) in [6, 6.07) is 93.7. The molecule has 0 aromatic heterocycles. The summed E-state index contributed by atoms with van der Waals surface area (Å²) in [7, 11) is 0. The van der Waals surface area contributed by atoms with E-state index in [1.54, 1.807) is 0 Å². The van der Waals surface area contributed by atoms with Gasteiger partial charge in [0, 0.05) is 28.4 Å². The van der Waals surface area contributed by atoms with Crippen molar-refractivity contribution in [3.63, 3.8) is 0 Å². The zero-order valence-corrected chi connectivity index (χ0v) is 34.7. The van der Waals surface area contributed by atoms with Crippen molar-refractivity contribution >= 4 is 51.2 Å². The standard InChI is InChI=1S/C60H43N3/c1-5-18-44(19-6-1)45-32-36-51(37-33-45)61(54-40-41-55(47-20-7-2-8-21-47)56(43-54)48-22-9-3-10-23-48)52-38-34-46(35-39-52)49-24-17-27-53(42-49)63-59-30-15-13-28-57(59)62(50-25-11-4-12-26-50)58-29-14-16-31-60(58)63/h1-43H. The summed E-state index contributed by atoms with van der Waals surface area (Å²) < 4.78 is 0. The number of para-hydroxylation sites is 5. The first kappa shape index (κ1) is 37.6. The van der Waals surface area contributed by atoms with Gasteiger partial charge < -0.3 is 14.7 Å². The summed E-state index contributed by atoms with van der Waals surface area (Å²) in [5.41, 5.74) is 19.5. The highest BCUT2D eigenvalue weighted by atomic mass is 15.3. The summed E-state index contributed by atoms with van der Waals surface area (Å²) >= 11 is 0. The van der Waals surface area contributed by atoms with Gasteiger partial charge in [-0.25, -0.2) is 0 Å². The van der Waals surface area contributed by atoms with Crippen LogP contribution in [0.2, 0.25) is 0 Å². The van der Waals surface area contributed by atoms with Gasteiger partial charge in [-0.05, 0) is 129 Å². The molecule has 3 nitrogen and oxygen atoms in total. The third-order valence-corrected chi connectivity index (χ3v) is 12.0. The molecule has 10 aromatic carbocycles. The number of nitrogens with zero attached hydrogens (tertiary/aromatic N) is 3. The van der Waals surface area contributed by atoms with E-state index in [-0.39, 0.29) is 0 Å². The van der Waals surface area contributed by atoms with Crippen LogP contribution in [0.3, 0.4) is 0 Å². The lowest BCUT2D eigenvalue weighted by molar-refractivity contribution is 1.17. The molecule has 0 fully saturated rings. The Morgan fingerprint density at radius 3 is 1.11 bits per heavy atom. The summed E-state index contributed by atoms with van der Waals surface area (Å²) in [6.07, 6.45) is 0. The Bertz CT molecular complexity index is 3100. The first-order valence-corrected chi connectivity index (χ1v) is 21.5. The second kappa shape index (κ2) is 16.6. The van der Waals surface area contributed by atoms with Crippen molar-refractivity contribution in [2.75, 3.05) is 14.7 Å². The van der Waals surface area contributed by atoms with Crippen LogP contribution in [0.25, 0.3) is 44.5 Å². The molecule has 0 saturated carbocycles. The first-order chi connectivity index (χ1) is 31.3. The molecule has 0 saturated heterocycles. The molecule has 1 aliphatic heterocycles. The van der Waals surface area contributed by atoms with Gasteiger partial charge in [-0.3, -0.25) is 0 Å². The molecular weight excluding hydrogens is 763 g/mol. The van der Waals surface area contributed by atoms with Gasteiger partial charge in [0.1, 0.15) is 0 Å². The monoisotopic (exact) mass is 805 g/mol. The number of hydrogen-bond acceptors (Lipinski definition) is 3. The van der Waals surface area contributed by atoms with Crippen molar-refractivity contribution in [1.82, 2.24) is 0 Å². The van der Waals surface area contributed by atoms with Crippen LogP contribution >= 0.6 is 0 Å². The zero-order valence-electron chi connectivity index (χ0n) is 34.7. The number of benzene rings is 10. The molecule has 63 heavy (non-hydrogen) atoms. The van der Waals surface area contributed by atoms with Crippen LogP contribution in [0.4, 0.5) is 51.2 Å². The van der Waals surface area contributed by atoms with E-state index < -0.39 is 0 Å².